The smallest absolute Gasteiger partial charge is 0.324 e. The van der Waals surface area contributed by atoms with E-state index < -0.39 is 9.84 Å². The van der Waals surface area contributed by atoms with Crippen molar-refractivity contribution in [3.05, 3.63) is 24.2 Å². The van der Waals surface area contributed by atoms with Crippen molar-refractivity contribution in [1.29, 1.82) is 0 Å². The van der Waals surface area contributed by atoms with Crippen LogP contribution in [0.3, 0.4) is 0 Å². The van der Waals surface area contributed by atoms with E-state index in [2.05, 4.69) is 20.0 Å². The Kier molecular flexibility index (Phi) is 5.62. The number of hydrogen-bond acceptors (Lipinski definition) is 8. The number of aromatic nitrogens is 3. The van der Waals surface area contributed by atoms with E-state index in [0.717, 1.165) is 43.1 Å². The van der Waals surface area contributed by atoms with E-state index in [9.17, 15) is 8.42 Å². The molecule has 3 fully saturated rings. The fraction of sp³-hybridized carbons (Fsp3) is 0.682. The molecule has 0 radical (unpaired) electrons. The van der Waals surface area contributed by atoms with E-state index in [4.69, 9.17) is 9.26 Å². The van der Waals surface area contributed by atoms with E-state index in [1.807, 2.05) is 0 Å². The first-order chi connectivity index (χ1) is 15.0. The van der Waals surface area contributed by atoms with Gasteiger partial charge in [-0.15, -0.1) is 0 Å². The number of sulfone groups is 1. The Morgan fingerprint density at radius 3 is 2.65 bits per heavy atom. The Bertz CT molecular complexity index is 995. The molecule has 3 heterocycles. The maximum atomic E-state index is 11.5. The third-order valence-electron chi connectivity index (χ3n) is 7.17. The van der Waals surface area contributed by atoms with Gasteiger partial charge in [0.25, 0.3) is 0 Å². The Balaban J connectivity index is 1.03. The Morgan fingerprint density at radius 1 is 1.19 bits per heavy atom. The monoisotopic (exact) mass is 446 g/mol. The minimum atomic E-state index is -3.22. The third kappa shape index (κ3) is 4.71. The molecule has 2 atom stereocenters. The largest absolute Gasteiger partial charge is 0.478 e. The molecule has 2 aromatic rings. The van der Waals surface area contributed by atoms with Crippen LogP contribution in [0.5, 0.6) is 5.88 Å². The quantitative estimate of drug-likeness (QED) is 0.608. The molecule has 2 aromatic heterocycles. The van der Waals surface area contributed by atoms with Crippen LogP contribution >= 0.6 is 0 Å². The fourth-order valence-corrected chi connectivity index (χ4v) is 5.43. The minimum Gasteiger partial charge on any atom is -0.478 e. The summed E-state index contributed by atoms with van der Waals surface area (Å²) in [6, 6.07) is 3.88. The lowest BCUT2D eigenvalue weighted by Gasteiger charge is -2.31. The zero-order chi connectivity index (χ0) is 21.4. The van der Waals surface area contributed by atoms with Crippen LogP contribution in [0.1, 0.15) is 56.7 Å². The van der Waals surface area contributed by atoms with Crippen LogP contribution in [-0.2, 0) is 9.84 Å². The molecule has 2 aliphatic carbocycles. The van der Waals surface area contributed by atoms with Crippen molar-refractivity contribution in [2.75, 3.05) is 30.9 Å². The molecule has 1 unspecified atom stereocenters. The van der Waals surface area contributed by atoms with Crippen molar-refractivity contribution in [1.82, 2.24) is 15.1 Å². The summed E-state index contributed by atoms with van der Waals surface area (Å²) in [5.41, 5.74) is 0. The molecule has 8 nitrogen and oxygen atoms in total. The summed E-state index contributed by atoms with van der Waals surface area (Å²) < 4.78 is 34.2. The van der Waals surface area contributed by atoms with Gasteiger partial charge in [-0.3, -0.25) is 0 Å². The van der Waals surface area contributed by atoms with Crippen LogP contribution < -0.4 is 9.64 Å². The minimum absolute atomic E-state index is 0.216. The van der Waals surface area contributed by atoms with Gasteiger partial charge in [0.2, 0.25) is 5.88 Å². The van der Waals surface area contributed by atoms with Gasteiger partial charge in [0.05, 0.1) is 11.5 Å². The van der Waals surface area contributed by atoms with Gasteiger partial charge in [-0.2, -0.15) is 4.98 Å². The zero-order valence-electron chi connectivity index (χ0n) is 17.9. The lowest BCUT2D eigenvalue weighted by Crippen LogP contribution is -2.34. The van der Waals surface area contributed by atoms with Gasteiger partial charge in [-0.05, 0) is 62.3 Å². The lowest BCUT2D eigenvalue weighted by molar-refractivity contribution is 0.274. The molecule has 1 aliphatic heterocycles. The second kappa shape index (κ2) is 8.41. The van der Waals surface area contributed by atoms with Gasteiger partial charge in [-0.25, -0.2) is 13.4 Å². The highest BCUT2D eigenvalue weighted by atomic mass is 32.2. The molecule has 0 N–H and O–H groups in total. The normalized spacial score (nSPS) is 24.7. The van der Waals surface area contributed by atoms with Crippen LogP contribution in [0.4, 0.5) is 6.01 Å². The molecule has 9 heteroatoms. The molecule has 1 saturated heterocycles. The molecule has 5 rings (SSSR count). The van der Waals surface area contributed by atoms with Crippen molar-refractivity contribution >= 4 is 15.9 Å². The van der Waals surface area contributed by atoms with Crippen molar-refractivity contribution in [3.63, 3.8) is 0 Å². The zero-order valence-corrected chi connectivity index (χ0v) is 18.8. The first-order valence-electron chi connectivity index (χ1n) is 11.3. The molecule has 0 aromatic carbocycles. The van der Waals surface area contributed by atoms with Gasteiger partial charge in [0.1, 0.15) is 0 Å². The number of pyridine rings is 1. The molecule has 0 bridgehead atoms. The van der Waals surface area contributed by atoms with Crippen LogP contribution in [0, 0.1) is 17.8 Å². The number of ether oxygens (including phenoxy) is 1. The van der Waals surface area contributed by atoms with Crippen molar-refractivity contribution in [2.24, 2.45) is 17.8 Å². The molecule has 168 valence electrons. The highest BCUT2D eigenvalue weighted by Gasteiger charge is 2.43. The number of rotatable bonds is 8. The lowest BCUT2D eigenvalue weighted by atomic mass is 9.85. The topological polar surface area (TPSA) is 98.4 Å². The van der Waals surface area contributed by atoms with Gasteiger partial charge in [0.15, 0.2) is 15.7 Å². The first kappa shape index (κ1) is 20.7. The summed E-state index contributed by atoms with van der Waals surface area (Å²) in [6.45, 7) is 2.61. The number of piperidine rings is 1. The molecular formula is C22H30N4O4S. The summed E-state index contributed by atoms with van der Waals surface area (Å²) in [4.78, 5) is 11.2. The maximum absolute atomic E-state index is 11.5. The predicted octanol–water partition coefficient (Wildman–Crippen LogP) is 3.46. The molecule has 0 amide bonds. The van der Waals surface area contributed by atoms with Crippen molar-refractivity contribution < 1.29 is 17.7 Å². The number of anilines is 1. The molecule has 31 heavy (non-hydrogen) atoms. The SMILES string of the molecule is CS(=O)(=O)c1ccc(OCCC2C[C@@H]2C2CCN(c3nc(C4CCC4)no3)CC2)nc1. The molecule has 3 aliphatic rings. The summed E-state index contributed by atoms with van der Waals surface area (Å²) in [7, 11) is -3.22. The first-order valence-corrected chi connectivity index (χ1v) is 13.2. The Labute approximate surface area is 183 Å². The second-order valence-electron chi connectivity index (χ2n) is 9.29. The third-order valence-corrected chi connectivity index (χ3v) is 8.27. The highest BCUT2D eigenvalue weighted by Crippen LogP contribution is 2.50. The van der Waals surface area contributed by atoms with E-state index in [0.29, 0.717) is 24.4 Å². The Hall–Kier alpha value is -2.16. The standard InChI is InChI=1S/C22H30N4O4S/c1-31(27,28)18-5-6-20(23-14-18)29-12-9-17-13-19(17)15-7-10-26(11-8-15)22-24-21(25-30-22)16-3-2-4-16/h5-6,14-17,19H,2-4,7-13H2,1H3/t17?,19-/m1/s1. The van der Waals surface area contributed by atoms with E-state index in [1.165, 1.54) is 51.0 Å². The average molecular weight is 447 g/mol. The average Bonchev–Trinajstić information content (AvgIpc) is 3.33. The molecule has 2 saturated carbocycles. The van der Waals surface area contributed by atoms with Gasteiger partial charge in [0, 0.05) is 37.5 Å². The van der Waals surface area contributed by atoms with Gasteiger partial charge in [-0.1, -0.05) is 11.6 Å². The van der Waals surface area contributed by atoms with Crippen molar-refractivity contribution in [2.45, 2.75) is 55.8 Å². The van der Waals surface area contributed by atoms with Gasteiger partial charge >= 0.3 is 6.01 Å². The number of nitrogens with zero attached hydrogens (tertiary/aromatic N) is 4. The summed E-state index contributed by atoms with van der Waals surface area (Å²) in [5.74, 6) is 4.17. The predicted molar refractivity (Wildman–Crippen MR) is 115 cm³/mol. The van der Waals surface area contributed by atoms with Gasteiger partial charge < -0.3 is 14.2 Å². The molecule has 0 spiro atoms. The fourth-order valence-electron chi connectivity index (χ4n) is 4.87. The van der Waals surface area contributed by atoms with Crippen molar-refractivity contribution in [3.8, 4) is 5.88 Å². The number of hydrogen-bond donors (Lipinski definition) is 0. The Morgan fingerprint density at radius 2 is 2.00 bits per heavy atom. The maximum Gasteiger partial charge on any atom is 0.324 e. The molecular weight excluding hydrogens is 416 g/mol. The summed E-state index contributed by atoms with van der Waals surface area (Å²) in [6.07, 6.45) is 10.9. The van der Waals surface area contributed by atoms with Crippen LogP contribution in [0.25, 0.3) is 0 Å². The van der Waals surface area contributed by atoms with Crippen LogP contribution in [0.2, 0.25) is 0 Å². The van der Waals surface area contributed by atoms with E-state index in [-0.39, 0.29) is 4.90 Å². The second-order valence-corrected chi connectivity index (χ2v) is 11.3. The highest BCUT2D eigenvalue weighted by molar-refractivity contribution is 7.90. The van der Waals surface area contributed by atoms with E-state index in [1.54, 1.807) is 12.1 Å². The summed E-state index contributed by atoms with van der Waals surface area (Å²) >= 11 is 0. The van der Waals surface area contributed by atoms with Crippen LogP contribution in [-0.4, -0.2) is 49.5 Å². The van der Waals surface area contributed by atoms with Crippen LogP contribution in [0.15, 0.2) is 27.7 Å². The van der Waals surface area contributed by atoms with E-state index >= 15 is 0 Å². The summed E-state index contributed by atoms with van der Waals surface area (Å²) in [5, 5.41) is 4.19.